The minimum atomic E-state index is -3.62. The molecule has 0 radical (unpaired) electrons. The van der Waals surface area contributed by atoms with E-state index >= 15 is 0 Å². The molecule has 0 saturated heterocycles. The molecule has 9 nitrogen and oxygen atoms in total. The average molecular weight is 566 g/mol. The Morgan fingerprint density at radius 2 is 1.74 bits per heavy atom. The molecule has 1 heterocycles. The SMILES string of the molecule is CCC(C)NC(=O)C(CC)N(Cc1ccc(Cl)cc1)C(=O)CCCN(c1ccc2c(c1)OCO2)S(C)(=O)=O. The average Bonchev–Trinajstić information content (AvgIpc) is 3.34. The molecule has 1 N–H and O–H groups in total. The highest BCUT2D eigenvalue weighted by Crippen LogP contribution is 2.36. The van der Waals surface area contributed by atoms with Crippen LogP contribution < -0.4 is 19.1 Å². The number of hydrogen-bond acceptors (Lipinski definition) is 6. The van der Waals surface area contributed by atoms with Crippen LogP contribution in [0.2, 0.25) is 5.02 Å². The van der Waals surface area contributed by atoms with Gasteiger partial charge >= 0.3 is 0 Å². The second-order valence-electron chi connectivity index (χ2n) is 9.37. The van der Waals surface area contributed by atoms with Crippen molar-refractivity contribution in [2.24, 2.45) is 0 Å². The Labute approximate surface area is 230 Å². The van der Waals surface area contributed by atoms with Gasteiger partial charge < -0.3 is 19.7 Å². The van der Waals surface area contributed by atoms with Gasteiger partial charge in [0.2, 0.25) is 28.6 Å². The summed E-state index contributed by atoms with van der Waals surface area (Å²) in [5.74, 6) is 0.587. The third-order valence-electron chi connectivity index (χ3n) is 6.45. The van der Waals surface area contributed by atoms with Crippen LogP contribution in [0.15, 0.2) is 42.5 Å². The van der Waals surface area contributed by atoms with E-state index in [1.807, 2.05) is 32.9 Å². The molecule has 208 valence electrons. The number of nitrogens with zero attached hydrogens (tertiary/aromatic N) is 2. The van der Waals surface area contributed by atoms with E-state index in [1.54, 1.807) is 35.2 Å². The van der Waals surface area contributed by atoms with Gasteiger partial charge in [-0.05, 0) is 56.0 Å². The van der Waals surface area contributed by atoms with Crippen molar-refractivity contribution in [3.63, 3.8) is 0 Å². The van der Waals surface area contributed by atoms with Crippen LogP contribution in [0.5, 0.6) is 11.5 Å². The van der Waals surface area contributed by atoms with Crippen molar-refractivity contribution in [3.8, 4) is 11.5 Å². The molecule has 0 fully saturated rings. The van der Waals surface area contributed by atoms with Crippen molar-refractivity contribution >= 4 is 39.1 Å². The molecule has 0 saturated carbocycles. The predicted octanol–water partition coefficient (Wildman–Crippen LogP) is 4.34. The number of hydrogen-bond donors (Lipinski definition) is 1. The van der Waals surface area contributed by atoms with Crippen LogP contribution in [0.4, 0.5) is 5.69 Å². The van der Waals surface area contributed by atoms with Crippen LogP contribution in [0.25, 0.3) is 0 Å². The van der Waals surface area contributed by atoms with Gasteiger partial charge in [0.25, 0.3) is 0 Å². The summed E-state index contributed by atoms with van der Waals surface area (Å²) < 4.78 is 37.1. The van der Waals surface area contributed by atoms with Gasteiger partial charge in [-0.2, -0.15) is 0 Å². The standard InChI is InChI=1S/C27H36ClN3O6S/c1-5-19(3)29-27(33)23(6-2)30(17-20-9-11-21(28)12-10-20)26(32)8-7-15-31(38(4,34)35)22-13-14-24-25(16-22)37-18-36-24/h9-14,16,19,23H,5-8,15,17-18H2,1-4H3,(H,29,33). The molecule has 1 aliphatic rings. The number of halogens is 1. The maximum atomic E-state index is 13.5. The van der Waals surface area contributed by atoms with Crippen LogP contribution in [0, 0.1) is 0 Å². The van der Waals surface area contributed by atoms with Gasteiger partial charge in [-0.1, -0.05) is 37.6 Å². The summed E-state index contributed by atoms with van der Waals surface area (Å²) in [6.07, 6.45) is 2.67. The van der Waals surface area contributed by atoms with Gasteiger partial charge in [0.05, 0.1) is 11.9 Å². The highest BCUT2D eigenvalue weighted by atomic mass is 35.5. The maximum Gasteiger partial charge on any atom is 0.243 e. The molecule has 11 heteroatoms. The number of fused-ring (bicyclic) bond motifs is 1. The zero-order valence-corrected chi connectivity index (χ0v) is 23.8. The van der Waals surface area contributed by atoms with E-state index in [0.717, 1.165) is 18.2 Å². The fourth-order valence-electron chi connectivity index (χ4n) is 4.19. The number of anilines is 1. The Hall–Kier alpha value is -2.98. The summed E-state index contributed by atoms with van der Waals surface area (Å²) in [5, 5.41) is 3.56. The van der Waals surface area contributed by atoms with Crippen LogP contribution in [-0.2, 0) is 26.2 Å². The Kier molecular flexibility index (Phi) is 10.3. The molecule has 0 aliphatic carbocycles. The number of nitrogens with one attached hydrogen (secondary N) is 1. The highest BCUT2D eigenvalue weighted by molar-refractivity contribution is 7.92. The molecule has 2 aromatic carbocycles. The Morgan fingerprint density at radius 1 is 1.05 bits per heavy atom. The number of carbonyl (C=O) groups is 2. The molecule has 2 aromatic rings. The molecule has 2 amide bonds. The number of sulfonamides is 1. The molecule has 0 bridgehead atoms. The third kappa shape index (κ3) is 7.77. The van der Waals surface area contributed by atoms with E-state index in [4.69, 9.17) is 21.1 Å². The van der Waals surface area contributed by atoms with Crippen molar-refractivity contribution < 1.29 is 27.5 Å². The Morgan fingerprint density at radius 3 is 2.37 bits per heavy atom. The van der Waals surface area contributed by atoms with Crippen molar-refractivity contribution in [1.29, 1.82) is 0 Å². The van der Waals surface area contributed by atoms with Crippen LogP contribution in [0.3, 0.4) is 0 Å². The molecular formula is C27H36ClN3O6S. The summed E-state index contributed by atoms with van der Waals surface area (Å²) in [4.78, 5) is 28.2. The molecule has 2 atom stereocenters. The lowest BCUT2D eigenvalue weighted by Gasteiger charge is -2.32. The van der Waals surface area contributed by atoms with Crippen molar-refractivity contribution in [2.45, 2.75) is 65.1 Å². The fraction of sp³-hybridized carbons (Fsp3) is 0.481. The number of benzene rings is 2. The molecular weight excluding hydrogens is 530 g/mol. The predicted molar refractivity (Wildman–Crippen MR) is 148 cm³/mol. The van der Waals surface area contributed by atoms with Gasteiger partial charge in [0.1, 0.15) is 6.04 Å². The Balaban J connectivity index is 1.76. The molecule has 3 rings (SSSR count). The Bertz CT molecular complexity index is 1220. The van der Waals surface area contributed by atoms with E-state index in [1.165, 1.54) is 4.31 Å². The smallest absolute Gasteiger partial charge is 0.243 e. The lowest BCUT2D eigenvalue weighted by Crippen LogP contribution is -2.50. The number of carbonyl (C=O) groups excluding carboxylic acids is 2. The van der Waals surface area contributed by atoms with Crippen molar-refractivity contribution in [3.05, 3.63) is 53.1 Å². The molecule has 38 heavy (non-hydrogen) atoms. The molecule has 1 aliphatic heterocycles. The fourth-order valence-corrected chi connectivity index (χ4v) is 5.27. The minimum absolute atomic E-state index is 0.0194. The topological polar surface area (TPSA) is 105 Å². The molecule has 0 spiro atoms. The molecule has 0 aromatic heterocycles. The molecule has 2 unspecified atom stereocenters. The first-order valence-electron chi connectivity index (χ1n) is 12.7. The monoisotopic (exact) mass is 565 g/mol. The minimum Gasteiger partial charge on any atom is -0.454 e. The summed E-state index contributed by atoms with van der Waals surface area (Å²) in [5.41, 5.74) is 1.28. The van der Waals surface area contributed by atoms with Gasteiger partial charge in [0, 0.05) is 36.6 Å². The normalized spacial score (nSPS) is 14.0. The first kappa shape index (κ1) is 29.6. The van der Waals surface area contributed by atoms with Crippen LogP contribution >= 0.6 is 11.6 Å². The zero-order chi connectivity index (χ0) is 27.9. The van der Waals surface area contributed by atoms with E-state index in [0.29, 0.717) is 28.6 Å². The number of rotatable bonds is 13. The summed E-state index contributed by atoms with van der Waals surface area (Å²) in [7, 11) is -3.62. The van der Waals surface area contributed by atoms with Gasteiger partial charge in [-0.25, -0.2) is 8.42 Å². The third-order valence-corrected chi connectivity index (χ3v) is 7.90. The van der Waals surface area contributed by atoms with E-state index in [2.05, 4.69) is 5.32 Å². The van der Waals surface area contributed by atoms with Gasteiger partial charge in [0.15, 0.2) is 11.5 Å². The summed E-state index contributed by atoms with van der Waals surface area (Å²) >= 11 is 6.03. The summed E-state index contributed by atoms with van der Waals surface area (Å²) in [6, 6.07) is 11.4. The lowest BCUT2D eigenvalue weighted by atomic mass is 10.1. The second kappa shape index (κ2) is 13.2. The second-order valence-corrected chi connectivity index (χ2v) is 11.7. The van der Waals surface area contributed by atoms with Crippen molar-refractivity contribution in [2.75, 3.05) is 23.9 Å². The van der Waals surface area contributed by atoms with E-state index in [-0.39, 0.29) is 50.6 Å². The lowest BCUT2D eigenvalue weighted by molar-refractivity contribution is -0.141. The van der Waals surface area contributed by atoms with E-state index < -0.39 is 16.1 Å². The zero-order valence-electron chi connectivity index (χ0n) is 22.3. The maximum absolute atomic E-state index is 13.5. The number of amides is 2. The van der Waals surface area contributed by atoms with Crippen LogP contribution in [-0.4, -0.2) is 56.8 Å². The van der Waals surface area contributed by atoms with Gasteiger partial charge in [-0.15, -0.1) is 0 Å². The largest absolute Gasteiger partial charge is 0.454 e. The van der Waals surface area contributed by atoms with E-state index in [9.17, 15) is 18.0 Å². The highest BCUT2D eigenvalue weighted by Gasteiger charge is 2.29. The first-order valence-corrected chi connectivity index (χ1v) is 15.0. The summed E-state index contributed by atoms with van der Waals surface area (Å²) in [6.45, 7) is 6.18. The van der Waals surface area contributed by atoms with Crippen molar-refractivity contribution in [1.82, 2.24) is 10.2 Å². The first-order chi connectivity index (χ1) is 18.0. The van der Waals surface area contributed by atoms with Crippen LogP contribution in [0.1, 0.15) is 52.0 Å². The van der Waals surface area contributed by atoms with Gasteiger partial charge in [-0.3, -0.25) is 13.9 Å². The quantitative estimate of drug-likeness (QED) is 0.387. The number of ether oxygens (including phenoxy) is 2.